The predicted molar refractivity (Wildman–Crippen MR) is 74.3 cm³/mol. The van der Waals surface area contributed by atoms with Gasteiger partial charge in [0.25, 0.3) is 5.91 Å². The van der Waals surface area contributed by atoms with Crippen molar-refractivity contribution < 1.29 is 28.5 Å². The number of nitrogens with one attached hydrogen (secondary N) is 1. The number of carbonyl (C=O) groups is 2. The number of amides is 1. The Balaban J connectivity index is 1.41. The number of fused-ring (bicyclic) bond motifs is 1. The van der Waals surface area contributed by atoms with Gasteiger partial charge in [-0.1, -0.05) is 6.07 Å². The van der Waals surface area contributed by atoms with Crippen molar-refractivity contribution >= 4 is 11.9 Å². The summed E-state index contributed by atoms with van der Waals surface area (Å²) in [5, 5.41) is 2.68. The quantitative estimate of drug-likeness (QED) is 0.808. The summed E-state index contributed by atoms with van der Waals surface area (Å²) >= 11 is 0. The number of benzene rings is 1. The van der Waals surface area contributed by atoms with Crippen LogP contribution in [0.25, 0.3) is 0 Å². The minimum absolute atomic E-state index is 0.213. The lowest BCUT2D eigenvalue weighted by Crippen LogP contribution is -2.31. The van der Waals surface area contributed by atoms with Crippen LogP contribution >= 0.6 is 0 Å². The number of hydrogen-bond acceptors (Lipinski definition) is 6. The predicted octanol–water partition coefficient (Wildman–Crippen LogP) is 0.754. The van der Waals surface area contributed by atoms with Gasteiger partial charge in [-0.2, -0.15) is 0 Å². The second kappa shape index (κ2) is 6.65. The third-order valence-corrected chi connectivity index (χ3v) is 3.46. The Morgan fingerprint density at radius 3 is 2.95 bits per heavy atom. The van der Waals surface area contributed by atoms with Gasteiger partial charge in [0.15, 0.2) is 24.2 Å². The molecule has 7 nitrogen and oxygen atoms in total. The summed E-state index contributed by atoms with van der Waals surface area (Å²) in [6, 6.07) is 5.44. The highest BCUT2D eigenvalue weighted by Crippen LogP contribution is 2.32. The maximum Gasteiger partial charge on any atom is 0.335 e. The number of rotatable bonds is 5. The molecule has 1 unspecified atom stereocenters. The molecule has 0 radical (unpaired) electrons. The topological polar surface area (TPSA) is 83.1 Å². The molecule has 0 bridgehead atoms. The molecule has 2 aliphatic heterocycles. The Kier molecular flexibility index (Phi) is 4.43. The molecular formula is C15H17NO6. The Morgan fingerprint density at radius 1 is 1.27 bits per heavy atom. The van der Waals surface area contributed by atoms with Crippen molar-refractivity contribution in [1.29, 1.82) is 0 Å². The van der Waals surface area contributed by atoms with Crippen molar-refractivity contribution in [3.8, 4) is 11.5 Å². The molecule has 1 aromatic carbocycles. The van der Waals surface area contributed by atoms with E-state index in [2.05, 4.69) is 5.32 Å². The fourth-order valence-electron chi connectivity index (χ4n) is 2.30. The van der Waals surface area contributed by atoms with E-state index in [1.54, 1.807) is 12.1 Å². The minimum Gasteiger partial charge on any atom is -0.454 e. The molecule has 1 atom stereocenters. The maximum atomic E-state index is 11.7. The lowest BCUT2D eigenvalue weighted by Gasteiger charge is -2.10. The molecule has 1 saturated heterocycles. The van der Waals surface area contributed by atoms with Gasteiger partial charge in [0.05, 0.1) is 0 Å². The molecule has 1 N–H and O–H groups in total. The van der Waals surface area contributed by atoms with Crippen molar-refractivity contribution in [2.75, 3.05) is 20.0 Å². The zero-order valence-corrected chi connectivity index (χ0v) is 12.0. The van der Waals surface area contributed by atoms with Gasteiger partial charge < -0.3 is 24.3 Å². The molecule has 1 amide bonds. The zero-order chi connectivity index (χ0) is 15.4. The monoisotopic (exact) mass is 307 g/mol. The Labute approximate surface area is 127 Å². The first-order valence-electron chi connectivity index (χ1n) is 7.16. The van der Waals surface area contributed by atoms with E-state index < -0.39 is 12.1 Å². The van der Waals surface area contributed by atoms with Crippen molar-refractivity contribution in [2.24, 2.45) is 0 Å². The smallest absolute Gasteiger partial charge is 0.335 e. The summed E-state index contributed by atoms with van der Waals surface area (Å²) in [6.07, 6.45) is 0.968. The maximum absolute atomic E-state index is 11.7. The summed E-state index contributed by atoms with van der Waals surface area (Å²) in [5.41, 5.74) is 0.878. The zero-order valence-electron chi connectivity index (χ0n) is 12.0. The van der Waals surface area contributed by atoms with Crippen LogP contribution in [0.4, 0.5) is 0 Å². The molecule has 0 aliphatic carbocycles. The standard InChI is InChI=1S/C15H17NO6/c17-14(8-20-15(18)12-2-1-5-19-12)16-7-10-3-4-11-13(6-10)22-9-21-11/h3-4,6,12H,1-2,5,7-9H2,(H,16,17). The van der Waals surface area contributed by atoms with E-state index in [1.165, 1.54) is 0 Å². The summed E-state index contributed by atoms with van der Waals surface area (Å²) in [6.45, 7) is 0.802. The van der Waals surface area contributed by atoms with Gasteiger partial charge in [-0.15, -0.1) is 0 Å². The molecule has 0 spiro atoms. The third kappa shape index (κ3) is 3.48. The van der Waals surface area contributed by atoms with Gasteiger partial charge in [0, 0.05) is 13.2 Å². The van der Waals surface area contributed by atoms with Gasteiger partial charge in [-0.25, -0.2) is 4.79 Å². The first-order valence-corrected chi connectivity index (χ1v) is 7.16. The normalized spacial score (nSPS) is 19.0. The van der Waals surface area contributed by atoms with E-state index >= 15 is 0 Å². The van der Waals surface area contributed by atoms with E-state index in [0.717, 1.165) is 12.0 Å². The SMILES string of the molecule is O=C(COC(=O)C1CCCO1)NCc1ccc2c(c1)OCO2. The van der Waals surface area contributed by atoms with Crippen molar-refractivity contribution in [3.63, 3.8) is 0 Å². The van der Waals surface area contributed by atoms with Crippen LogP contribution in [0.2, 0.25) is 0 Å². The number of hydrogen-bond donors (Lipinski definition) is 1. The van der Waals surface area contributed by atoms with Crippen molar-refractivity contribution in [3.05, 3.63) is 23.8 Å². The van der Waals surface area contributed by atoms with Crippen molar-refractivity contribution in [1.82, 2.24) is 5.32 Å². The first kappa shape index (κ1) is 14.6. The summed E-state index contributed by atoms with van der Waals surface area (Å²) in [5.74, 6) is 0.525. The van der Waals surface area contributed by atoms with Crippen LogP contribution in [0.5, 0.6) is 11.5 Å². The summed E-state index contributed by atoms with van der Waals surface area (Å²) in [7, 11) is 0. The molecule has 7 heteroatoms. The highest BCUT2D eigenvalue weighted by Gasteiger charge is 2.25. The molecule has 0 aromatic heterocycles. The lowest BCUT2D eigenvalue weighted by atomic mass is 10.2. The third-order valence-electron chi connectivity index (χ3n) is 3.46. The summed E-state index contributed by atoms with van der Waals surface area (Å²) in [4.78, 5) is 23.3. The van der Waals surface area contributed by atoms with Gasteiger partial charge in [-0.05, 0) is 30.5 Å². The molecule has 1 fully saturated rings. The number of ether oxygens (including phenoxy) is 4. The van der Waals surface area contributed by atoms with Crippen LogP contribution < -0.4 is 14.8 Å². The van der Waals surface area contributed by atoms with Crippen LogP contribution in [0.1, 0.15) is 18.4 Å². The average Bonchev–Trinajstić information content (AvgIpc) is 3.20. The average molecular weight is 307 g/mol. The van der Waals surface area contributed by atoms with Crippen molar-refractivity contribution in [2.45, 2.75) is 25.5 Å². The molecule has 118 valence electrons. The molecule has 2 aliphatic rings. The van der Waals surface area contributed by atoms with Gasteiger partial charge >= 0.3 is 5.97 Å². The van der Waals surface area contributed by atoms with Gasteiger partial charge in [0.2, 0.25) is 6.79 Å². The second-order valence-electron chi connectivity index (χ2n) is 5.07. The molecule has 0 saturated carbocycles. The van der Waals surface area contributed by atoms with Gasteiger partial charge in [0.1, 0.15) is 0 Å². The Morgan fingerprint density at radius 2 is 2.14 bits per heavy atom. The number of carbonyl (C=O) groups excluding carboxylic acids is 2. The van der Waals surface area contributed by atoms with E-state index in [0.29, 0.717) is 31.1 Å². The highest BCUT2D eigenvalue weighted by molar-refractivity contribution is 5.82. The van der Waals surface area contributed by atoms with Gasteiger partial charge in [-0.3, -0.25) is 4.79 Å². The highest BCUT2D eigenvalue weighted by atomic mass is 16.7. The van der Waals surface area contributed by atoms with E-state index in [4.69, 9.17) is 18.9 Å². The fraction of sp³-hybridized carbons (Fsp3) is 0.467. The first-order chi connectivity index (χ1) is 10.7. The second-order valence-corrected chi connectivity index (χ2v) is 5.07. The van der Waals surface area contributed by atoms with Crippen LogP contribution in [0.3, 0.4) is 0 Å². The Bertz CT molecular complexity index is 567. The van der Waals surface area contributed by atoms with Crippen LogP contribution in [0.15, 0.2) is 18.2 Å². The van der Waals surface area contributed by atoms with Crippen LogP contribution in [0, 0.1) is 0 Å². The Hall–Kier alpha value is -2.28. The largest absolute Gasteiger partial charge is 0.454 e. The minimum atomic E-state index is -0.526. The molecule has 22 heavy (non-hydrogen) atoms. The molecule has 1 aromatic rings. The molecular weight excluding hydrogens is 290 g/mol. The van der Waals surface area contributed by atoms with E-state index in [1.807, 2.05) is 6.07 Å². The fourth-order valence-corrected chi connectivity index (χ4v) is 2.30. The molecule has 2 heterocycles. The van der Waals surface area contributed by atoms with Crippen LogP contribution in [-0.2, 0) is 25.6 Å². The lowest BCUT2D eigenvalue weighted by molar-refractivity contribution is -0.157. The van der Waals surface area contributed by atoms with E-state index in [9.17, 15) is 9.59 Å². The summed E-state index contributed by atoms with van der Waals surface area (Å²) < 4.78 is 20.6. The molecule has 3 rings (SSSR count). The van der Waals surface area contributed by atoms with Crippen LogP contribution in [-0.4, -0.2) is 38.0 Å². The van der Waals surface area contributed by atoms with E-state index in [-0.39, 0.29) is 19.3 Å². The number of esters is 1.